The van der Waals surface area contributed by atoms with Crippen molar-refractivity contribution in [3.8, 4) is 6.07 Å². The van der Waals surface area contributed by atoms with Crippen LogP contribution in [0.4, 0.5) is 0 Å². The summed E-state index contributed by atoms with van der Waals surface area (Å²) in [5.41, 5.74) is 0.807. The summed E-state index contributed by atoms with van der Waals surface area (Å²) in [4.78, 5) is 0.243. The Morgan fingerprint density at radius 3 is 2.42 bits per heavy atom. The first-order valence-corrected chi connectivity index (χ1v) is 7.45. The fraction of sp³-hybridized carbons (Fsp3) is 0.462. The monoisotopic (exact) mass is 282 g/mol. The van der Waals surface area contributed by atoms with Gasteiger partial charge in [-0.15, -0.1) is 0 Å². The molecule has 0 aliphatic heterocycles. The number of ether oxygens (including phenoxy) is 1. The molecule has 0 radical (unpaired) electrons. The van der Waals surface area contributed by atoms with Crippen molar-refractivity contribution in [3.05, 3.63) is 29.8 Å². The van der Waals surface area contributed by atoms with Crippen molar-refractivity contribution in [3.63, 3.8) is 0 Å². The Labute approximate surface area is 114 Å². The van der Waals surface area contributed by atoms with E-state index in [-0.39, 0.29) is 11.3 Å². The van der Waals surface area contributed by atoms with Crippen molar-refractivity contribution >= 4 is 10.0 Å². The lowest BCUT2D eigenvalue weighted by atomic mass is 10.2. The molecule has 6 heteroatoms. The average molecular weight is 282 g/mol. The van der Waals surface area contributed by atoms with Crippen LogP contribution in [0.2, 0.25) is 0 Å². The summed E-state index contributed by atoms with van der Waals surface area (Å²) in [7, 11) is -1.95. The molecule has 0 bridgehead atoms. The van der Waals surface area contributed by atoms with Gasteiger partial charge in [0.05, 0.1) is 24.0 Å². The van der Waals surface area contributed by atoms with Gasteiger partial charge in [-0.25, -0.2) is 8.42 Å². The van der Waals surface area contributed by atoms with Gasteiger partial charge in [-0.2, -0.15) is 9.57 Å². The number of hydrogen-bond donors (Lipinski definition) is 0. The van der Waals surface area contributed by atoms with Crippen molar-refractivity contribution in [2.45, 2.75) is 18.2 Å². The fourth-order valence-electron chi connectivity index (χ4n) is 1.66. The molecule has 0 aliphatic rings. The SMILES string of the molecule is CCN(CCOC)S(=O)(=O)c1ccc(CC#N)cc1. The molecule has 0 unspecified atom stereocenters. The fourth-order valence-corrected chi connectivity index (χ4v) is 3.09. The predicted molar refractivity (Wildman–Crippen MR) is 72.1 cm³/mol. The van der Waals surface area contributed by atoms with Crippen LogP contribution in [0.5, 0.6) is 0 Å². The normalized spacial score (nSPS) is 11.5. The van der Waals surface area contributed by atoms with Crippen LogP contribution < -0.4 is 0 Å². The highest BCUT2D eigenvalue weighted by Gasteiger charge is 2.22. The lowest BCUT2D eigenvalue weighted by Gasteiger charge is -2.20. The highest BCUT2D eigenvalue weighted by Crippen LogP contribution is 2.16. The van der Waals surface area contributed by atoms with Gasteiger partial charge in [0.25, 0.3) is 0 Å². The molecule has 0 saturated carbocycles. The molecule has 0 amide bonds. The molecule has 0 atom stereocenters. The van der Waals surface area contributed by atoms with Crippen molar-refractivity contribution in [1.82, 2.24) is 4.31 Å². The van der Waals surface area contributed by atoms with E-state index in [2.05, 4.69) is 0 Å². The van der Waals surface area contributed by atoms with Crippen LogP contribution in [0, 0.1) is 11.3 Å². The van der Waals surface area contributed by atoms with Crippen LogP contribution in [-0.2, 0) is 21.2 Å². The lowest BCUT2D eigenvalue weighted by molar-refractivity contribution is 0.180. The Hall–Kier alpha value is -1.42. The maximum Gasteiger partial charge on any atom is 0.243 e. The highest BCUT2D eigenvalue weighted by molar-refractivity contribution is 7.89. The molecule has 1 aromatic rings. The van der Waals surface area contributed by atoms with E-state index < -0.39 is 10.0 Å². The smallest absolute Gasteiger partial charge is 0.243 e. The highest BCUT2D eigenvalue weighted by atomic mass is 32.2. The molecule has 5 nitrogen and oxygen atoms in total. The Morgan fingerprint density at radius 2 is 1.95 bits per heavy atom. The molecular weight excluding hydrogens is 264 g/mol. The largest absolute Gasteiger partial charge is 0.383 e. The molecule has 1 rings (SSSR count). The predicted octanol–water partition coefficient (Wildman–Crippen LogP) is 1.41. The zero-order valence-electron chi connectivity index (χ0n) is 11.2. The third-order valence-corrected chi connectivity index (χ3v) is 4.73. The standard InChI is InChI=1S/C13H18N2O3S/c1-3-15(10-11-18-2)19(16,17)13-6-4-12(5-7-13)8-9-14/h4-7H,3,8,10-11H2,1-2H3. The number of benzene rings is 1. The van der Waals surface area contributed by atoms with Crippen molar-refractivity contribution in [2.24, 2.45) is 0 Å². The average Bonchev–Trinajstić information content (AvgIpc) is 2.40. The Balaban J connectivity index is 2.95. The van der Waals surface area contributed by atoms with Crippen LogP contribution in [0.15, 0.2) is 29.2 Å². The molecule has 0 N–H and O–H groups in total. The first-order valence-electron chi connectivity index (χ1n) is 6.01. The van der Waals surface area contributed by atoms with Gasteiger partial charge < -0.3 is 4.74 Å². The van der Waals surface area contributed by atoms with E-state index in [1.165, 1.54) is 23.5 Å². The quantitative estimate of drug-likeness (QED) is 0.758. The number of nitrogens with zero attached hydrogens (tertiary/aromatic N) is 2. The van der Waals surface area contributed by atoms with Crippen LogP contribution in [0.3, 0.4) is 0 Å². The zero-order chi connectivity index (χ0) is 14.3. The lowest BCUT2D eigenvalue weighted by Crippen LogP contribution is -2.33. The number of likely N-dealkylation sites (N-methyl/N-ethyl adjacent to an activating group) is 1. The third kappa shape index (κ3) is 4.03. The van der Waals surface area contributed by atoms with Gasteiger partial charge in [0.15, 0.2) is 0 Å². The minimum Gasteiger partial charge on any atom is -0.383 e. The summed E-state index contributed by atoms with van der Waals surface area (Å²) in [5, 5.41) is 8.58. The number of sulfonamides is 1. The first kappa shape index (κ1) is 15.6. The summed E-state index contributed by atoms with van der Waals surface area (Å²) in [6.45, 7) is 2.87. The maximum absolute atomic E-state index is 12.3. The van der Waals surface area contributed by atoms with Crippen molar-refractivity contribution in [2.75, 3.05) is 26.8 Å². The van der Waals surface area contributed by atoms with E-state index in [1.54, 1.807) is 19.1 Å². The summed E-state index contributed by atoms with van der Waals surface area (Å²) in [6, 6.07) is 8.44. The van der Waals surface area contributed by atoms with Crippen molar-refractivity contribution in [1.29, 1.82) is 5.26 Å². The molecule has 19 heavy (non-hydrogen) atoms. The van der Waals surface area contributed by atoms with Crippen LogP contribution in [0.1, 0.15) is 12.5 Å². The zero-order valence-corrected chi connectivity index (χ0v) is 12.0. The summed E-state index contributed by atoms with van der Waals surface area (Å²) >= 11 is 0. The van der Waals surface area contributed by atoms with Crippen molar-refractivity contribution < 1.29 is 13.2 Å². The minimum atomic E-state index is -3.48. The molecule has 0 aromatic heterocycles. The second kappa shape index (κ2) is 7.24. The molecule has 0 fully saturated rings. The number of hydrogen-bond acceptors (Lipinski definition) is 4. The van der Waals surface area contributed by atoms with E-state index >= 15 is 0 Å². The van der Waals surface area contributed by atoms with E-state index in [9.17, 15) is 8.42 Å². The van der Waals surface area contributed by atoms with Gasteiger partial charge >= 0.3 is 0 Å². The molecular formula is C13H18N2O3S. The van der Waals surface area contributed by atoms with E-state index in [4.69, 9.17) is 10.00 Å². The number of nitriles is 1. The molecule has 0 spiro atoms. The van der Waals surface area contributed by atoms with Crippen LogP contribution in [0.25, 0.3) is 0 Å². The van der Waals surface area contributed by atoms with E-state index in [1.807, 2.05) is 6.07 Å². The molecule has 0 aliphatic carbocycles. The molecule has 0 heterocycles. The first-order chi connectivity index (χ1) is 9.06. The number of methoxy groups -OCH3 is 1. The summed E-state index contributed by atoms with van der Waals surface area (Å²) in [6.07, 6.45) is 0.279. The van der Waals surface area contributed by atoms with Gasteiger partial charge in [-0.1, -0.05) is 19.1 Å². The Morgan fingerprint density at radius 1 is 1.32 bits per heavy atom. The van der Waals surface area contributed by atoms with Gasteiger partial charge in [0, 0.05) is 20.2 Å². The van der Waals surface area contributed by atoms with E-state index in [0.29, 0.717) is 19.7 Å². The Bertz CT molecular complexity index is 532. The second-order valence-corrected chi connectivity index (χ2v) is 5.91. The maximum atomic E-state index is 12.3. The van der Waals surface area contributed by atoms with Crippen LogP contribution >= 0.6 is 0 Å². The van der Waals surface area contributed by atoms with Gasteiger partial charge in [-0.05, 0) is 17.7 Å². The van der Waals surface area contributed by atoms with E-state index in [0.717, 1.165) is 5.56 Å². The molecule has 104 valence electrons. The minimum absolute atomic E-state index is 0.243. The summed E-state index contributed by atoms with van der Waals surface area (Å²) in [5.74, 6) is 0. The topological polar surface area (TPSA) is 70.4 Å². The van der Waals surface area contributed by atoms with Gasteiger partial charge in [0.2, 0.25) is 10.0 Å². The molecule has 0 saturated heterocycles. The molecule has 1 aromatic carbocycles. The Kier molecular flexibility index (Phi) is 5.96. The van der Waals surface area contributed by atoms with Gasteiger partial charge in [-0.3, -0.25) is 0 Å². The van der Waals surface area contributed by atoms with Crippen LogP contribution in [-0.4, -0.2) is 39.5 Å². The number of rotatable bonds is 7. The third-order valence-electron chi connectivity index (χ3n) is 2.74. The second-order valence-electron chi connectivity index (χ2n) is 3.97. The van der Waals surface area contributed by atoms with Gasteiger partial charge in [0.1, 0.15) is 0 Å². The summed E-state index contributed by atoms with van der Waals surface area (Å²) < 4.78 is 31.0.